The third-order valence-corrected chi connectivity index (χ3v) is 3.46. The number of methoxy groups -OCH3 is 1. The van der Waals surface area contributed by atoms with Crippen LogP contribution in [0.3, 0.4) is 0 Å². The average Bonchev–Trinajstić information content (AvgIpc) is 2.95. The van der Waals surface area contributed by atoms with E-state index in [1.807, 2.05) is 30.3 Å². The highest BCUT2D eigenvalue weighted by Gasteiger charge is 2.14. The first kappa shape index (κ1) is 17.7. The number of amides is 2. The van der Waals surface area contributed by atoms with E-state index in [1.54, 1.807) is 20.2 Å². The lowest BCUT2D eigenvalue weighted by Crippen LogP contribution is -2.27. The molecule has 1 aromatic carbocycles. The molecule has 2 N–H and O–H groups in total. The van der Waals surface area contributed by atoms with Gasteiger partial charge in [-0.15, -0.1) is 0 Å². The second-order valence-electron chi connectivity index (χ2n) is 5.32. The second kappa shape index (κ2) is 8.83. The number of rotatable bonds is 8. The van der Waals surface area contributed by atoms with Crippen LogP contribution >= 0.6 is 0 Å². The molecule has 0 fully saturated rings. The summed E-state index contributed by atoms with van der Waals surface area (Å²) in [4.78, 5) is 24.0. The van der Waals surface area contributed by atoms with Gasteiger partial charge in [-0.05, 0) is 12.0 Å². The van der Waals surface area contributed by atoms with E-state index in [1.165, 1.54) is 4.68 Å². The van der Waals surface area contributed by atoms with Gasteiger partial charge in [0, 0.05) is 33.2 Å². The Morgan fingerprint density at radius 1 is 1.25 bits per heavy atom. The number of ether oxygens (including phenoxy) is 1. The van der Waals surface area contributed by atoms with Crippen LogP contribution in [0, 0.1) is 0 Å². The zero-order valence-electron chi connectivity index (χ0n) is 13.9. The Kier molecular flexibility index (Phi) is 6.51. The summed E-state index contributed by atoms with van der Waals surface area (Å²) in [6.07, 6.45) is 1.03. The number of carbonyl (C=O) groups is 2. The smallest absolute Gasteiger partial charge is 0.271 e. The fourth-order valence-corrected chi connectivity index (χ4v) is 2.16. The highest BCUT2D eigenvalue weighted by Crippen LogP contribution is 2.10. The molecule has 128 valence electrons. The lowest BCUT2D eigenvalue weighted by Gasteiger charge is -2.05. The van der Waals surface area contributed by atoms with E-state index < -0.39 is 0 Å². The largest absolute Gasteiger partial charge is 0.383 e. The van der Waals surface area contributed by atoms with E-state index in [2.05, 4.69) is 15.7 Å². The molecule has 0 saturated heterocycles. The maximum Gasteiger partial charge on any atom is 0.271 e. The molecule has 2 amide bonds. The van der Waals surface area contributed by atoms with E-state index in [0.29, 0.717) is 31.8 Å². The van der Waals surface area contributed by atoms with Crippen molar-refractivity contribution in [1.29, 1.82) is 0 Å². The highest BCUT2D eigenvalue weighted by atomic mass is 16.5. The third-order valence-electron chi connectivity index (χ3n) is 3.46. The fourth-order valence-electron chi connectivity index (χ4n) is 2.16. The number of hydrogen-bond donors (Lipinski definition) is 2. The molecule has 0 bridgehead atoms. The molecule has 7 heteroatoms. The van der Waals surface area contributed by atoms with Gasteiger partial charge in [-0.3, -0.25) is 14.3 Å². The summed E-state index contributed by atoms with van der Waals surface area (Å²) in [5, 5.41) is 9.58. The molecule has 2 rings (SSSR count). The molecule has 0 atom stereocenters. The summed E-state index contributed by atoms with van der Waals surface area (Å²) in [6.45, 7) is 0.840. The second-order valence-corrected chi connectivity index (χ2v) is 5.32. The van der Waals surface area contributed by atoms with Gasteiger partial charge < -0.3 is 15.4 Å². The molecule has 1 aromatic heterocycles. The van der Waals surface area contributed by atoms with Crippen LogP contribution in [0.4, 0.5) is 5.82 Å². The Labute approximate surface area is 141 Å². The van der Waals surface area contributed by atoms with Gasteiger partial charge in [0.05, 0.1) is 6.61 Å². The van der Waals surface area contributed by atoms with E-state index in [0.717, 1.165) is 5.56 Å². The topological polar surface area (TPSA) is 85.3 Å². The summed E-state index contributed by atoms with van der Waals surface area (Å²) < 4.78 is 6.35. The predicted molar refractivity (Wildman–Crippen MR) is 90.8 cm³/mol. The summed E-state index contributed by atoms with van der Waals surface area (Å²) in [5.41, 5.74) is 1.36. The van der Waals surface area contributed by atoms with Gasteiger partial charge in [-0.25, -0.2) is 0 Å². The van der Waals surface area contributed by atoms with Crippen molar-refractivity contribution in [2.45, 2.75) is 12.8 Å². The van der Waals surface area contributed by atoms with E-state index in [4.69, 9.17) is 4.74 Å². The number of nitrogens with one attached hydrogen (secondary N) is 2. The van der Waals surface area contributed by atoms with Crippen LogP contribution in [0.2, 0.25) is 0 Å². The van der Waals surface area contributed by atoms with Crippen LogP contribution in [0.25, 0.3) is 0 Å². The van der Waals surface area contributed by atoms with Crippen molar-refractivity contribution in [3.05, 3.63) is 47.7 Å². The summed E-state index contributed by atoms with van der Waals surface area (Å²) >= 11 is 0. The van der Waals surface area contributed by atoms with Crippen LogP contribution in [-0.2, 0) is 23.0 Å². The van der Waals surface area contributed by atoms with Crippen LogP contribution < -0.4 is 10.6 Å². The van der Waals surface area contributed by atoms with Gasteiger partial charge in [0.1, 0.15) is 5.82 Å². The van der Waals surface area contributed by atoms with Crippen molar-refractivity contribution < 1.29 is 14.3 Å². The molecule has 0 radical (unpaired) electrons. The molecular weight excluding hydrogens is 308 g/mol. The van der Waals surface area contributed by atoms with Crippen molar-refractivity contribution in [3.63, 3.8) is 0 Å². The van der Waals surface area contributed by atoms with Crippen LogP contribution in [0.5, 0.6) is 0 Å². The molecule has 0 unspecified atom stereocenters. The number of aryl methyl sites for hydroxylation is 2. The monoisotopic (exact) mass is 330 g/mol. The zero-order chi connectivity index (χ0) is 17.4. The number of aromatic nitrogens is 2. The molecule has 0 aliphatic rings. The van der Waals surface area contributed by atoms with Crippen LogP contribution in [-0.4, -0.2) is 41.9 Å². The van der Waals surface area contributed by atoms with Gasteiger partial charge in [0.25, 0.3) is 5.91 Å². The first-order chi connectivity index (χ1) is 11.6. The molecule has 0 aliphatic carbocycles. The Morgan fingerprint density at radius 3 is 2.71 bits per heavy atom. The van der Waals surface area contributed by atoms with Crippen molar-refractivity contribution in [3.8, 4) is 0 Å². The summed E-state index contributed by atoms with van der Waals surface area (Å²) in [5.74, 6) is 0.0746. The standard InChI is InChI=1S/C17H22N4O3/c1-21-15(12-14(20-21)17(23)18-10-11-24-2)19-16(22)9-8-13-6-4-3-5-7-13/h3-7,12H,8-11H2,1-2H3,(H,18,23)(H,19,22). The minimum Gasteiger partial charge on any atom is -0.383 e. The van der Waals surface area contributed by atoms with Crippen molar-refractivity contribution >= 4 is 17.6 Å². The highest BCUT2D eigenvalue weighted by molar-refractivity contribution is 5.95. The van der Waals surface area contributed by atoms with Crippen LogP contribution in [0.1, 0.15) is 22.5 Å². The van der Waals surface area contributed by atoms with Crippen LogP contribution in [0.15, 0.2) is 36.4 Å². The number of benzene rings is 1. The van der Waals surface area contributed by atoms with Crippen molar-refractivity contribution in [1.82, 2.24) is 15.1 Å². The normalized spacial score (nSPS) is 10.4. The van der Waals surface area contributed by atoms with Gasteiger partial charge in [-0.2, -0.15) is 5.10 Å². The Hall–Kier alpha value is -2.67. The van der Waals surface area contributed by atoms with E-state index in [-0.39, 0.29) is 17.5 Å². The summed E-state index contributed by atoms with van der Waals surface area (Å²) in [7, 11) is 3.24. The van der Waals surface area contributed by atoms with Gasteiger partial charge >= 0.3 is 0 Å². The maximum absolute atomic E-state index is 12.1. The minimum absolute atomic E-state index is 0.117. The van der Waals surface area contributed by atoms with Gasteiger partial charge in [0.2, 0.25) is 5.91 Å². The Balaban J connectivity index is 1.87. The van der Waals surface area contributed by atoms with Crippen molar-refractivity contribution in [2.24, 2.45) is 7.05 Å². The lowest BCUT2D eigenvalue weighted by atomic mass is 10.1. The predicted octanol–water partition coefficient (Wildman–Crippen LogP) is 1.37. The quantitative estimate of drug-likeness (QED) is 0.716. The number of anilines is 1. The van der Waals surface area contributed by atoms with E-state index in [9.17, 15) is 9.59 Å². The molecule has 0 spiro atoms. The third kappa shape index (κ3) is 5.20. The summed E-state index contributed by atoms with van der Waals surface area (Å²) in [6, 6.07) is 11.4. The number of nitrogens with zero attached hydrogens (tertiary/aromatic N) is 2. The zero-order valence-corrected chi connectivity index (χ0v) is 13.9. The van der Waals surface area contributed by atoms with Gasteiger partial charge in [-0.1, -0.05) is 30.3 Å². The van der Waals surface area contributed by atoms with Gasteiger partial charge in [0.15, 0.2) is 5.69 Å². The van der Waals surface area contributed by atoms with Crippen molar-refractivity contribution in [2.75, 3.05) is 25.6 Å². The molecule has 2 aromatic rings. The Bertz CT molecular complexity index is 682. The Morgan fingerprint density at radius 2 is 2.00 bits per heavy atom. The molecule has 0 saturated carbocycles. The average molecular weight is 330 g/mol. The lowest BCUT2D eigenvalue weighted by molar-refractivity contribution is -0.116. The maximum atomic E-state index is 12.1. The first-order valence-corrected chi connectivity index (χ1v) is 7.75. The molecule has 7 nitrogen and oxygen atoms in total. The first-order valence-electron chi connectivity index (χ1n) is 7.75. The molecular formula is C17H22N4O3. The molecule has 24 heavy (non-hydrogen) atoms. The molecule has 1 heterocycles. The SMILES string of the molecule is COCCNC(=O)c1cc(NC(=O)CCc2ccccc2)n(C)n1. The fraction of sp³-hybridized carbons (Fsp3) is 0.353. The minimum atomic E-state index is -0.299. The number of carbonyl (C=O) groups excluding carboxylic acids is 2. The number of hydrogen-bond acceptors (Lipinski definition) is 4. The van der Waals surface area contributed by atoms with E-state index >= 15 is 0 Å². The molecule has 0 aliphatic heterocycles.